The number of nitrogens with two attached hydrogens (primary N) is 1. The zero-order valence-electron chi connectivity index (χ0n) is 7.08. The van der Waals surface area contributed by atoms with Crippen LogP contribution in [0.4, 0.5) is 0 Å². The van der Waals surface area contributed by atoms with E-state index >= 15 is 0 Å². The molecule has 0 bridgehead atoms. The Hall–Kier alpha value is -1.09. The second-order valence-electron chi connectivity index (χ2n) is 3.23. The van der Waals surface area contributed by atoms with Gasteiger partial charge in [0.2, 0.25) is 0 Å². The van der Waals surface area contributed by atoms with Crippen molar-refractivity contribution in [3.8, 4) is 5.75 Å². The molecule has 0 aromatic carbocycles. The van der Waals surface area contributed by atoms with E-state index in [-0.39, 0.29) is 5.54 Å². The van der Waals surface area contributed by atoms with Crippen molar-refractivity contribution in [1.29, 1.82) is 0 Å². The maximum Gasteiger partial charge on any atom is 0.142 e. The quantitative estimate of drug-likeness (QED) is 0.710. The smallest absolute Gasteiger partial charge is 0.142 e. The largest absolute Gasteiger partial charge is 0.495 e. The third-order valence-corrected chi connectivity index (χ3v) is 2.33. The first-order valence-electron chi connectivity index (χ1n) is 4.04. The maximum atomic E-state index is 6.04. The lowest BCUT2D eigenvalue weighted by atomic mass is 10.1. The van der Waals surface area contributed by atoms with Crippen LogP contribution in [0.3, 0.4) is 0 Å². The normalized spacial score (nSPS) is 18.8. The van der Waals surface area contributed by atoms with Crippen molar-refractivity contribution in [3.63, 3.8) is 0 Å². The molecule has 3 heteroatoms. The van der Waals surface area contributed by atoms with Gasteiger partial charge < -0.3 is 10.5 Å². The third kappa shape index (κ3) is 1.06. The van der Waals surface area contributed by atoms with E-state index < -0.39 is 0 Å². The van der Waals surface area contributed by atoms with Crippen LogP contribution >= 0.6 is 0 Å². The van der Waals surface area contributed by atoms with Crippen molar-refractivity contribution < 1.29 is 4.74 Å². The molecular weight excluding hydrogens is 152 g/mol. The van der Waals surface area contributed by atoms with Crippen molar-refractivity contribution >= 4 is 0 Å². The van der Waals surface area contributed by atoms with E-state index in [0.717, 1.165) is 24.2 Å². The molecule has 1 aromatic heterocycles. The van der Waals surface area contributed by atoms with Crippen molar-refractivity contribution in [3.05, 3.63) is 24.0 Å². The molecule has 0 saturated heterocycles. The first kappa shape index (κ1) is 7.55. The number of hydrogen-bond donors (Lipinski definition) is 1. The lowest BCUT2D eigenvalue weighted by molar-refractivity contribution is 0.402. The molecule has 64 valence electrons. The third-order valence-electron chi connectivity index (χ3n) is 2.33. The van der Waals surface area contributed by atoms with E-state index in [0.29, 0.717) is 0 Å². The summed E-state index contributed by atoms with van der Waals surface area (Å²) in [7, 11) is 1.65. The Bertz CT molecular complexity index is 294. The summed E-state index contributed by atoms with van der Waals surface area (Å²) in [5, 5.41) is 0. The predicted molar refractivity (Wildman–Crippen MR) is 45.9 cm³/mol. The van der Waals surface area contributed by atoms with Crippen LogP contribution in [0.2, 0.25) is 0 Å². The van der Waals surface area contributed by atoms with Gasteiger partial charge >= 0.3 is 0 Å². The van der Waals surface area contributed by atoms with Gasteiger partial charge in [0.05, 0.1) is 13.3 Å². The number of aromatic nitrogens is 1. The fraction of sp³-hybridized carbons (Fsp3) is 0.444. The molecule has 1 heterocycles. The van der Waals surface area contributed by atoms with Gasteiger partial charge in [-0.3, -0.25) is 4.98 Å². The monoisotopic (exact) mass is 164 g/mol. The highest BCUT2D eigenvalue weighted by Crippen LogP contribution is 2.45. The Morgan fingerprint density at radius 2 is 2.33 bits per heavy atom. The van der Waals surface area contributed by atoms with Gasteiger partial charge in [-0.25, -0.2) is 0 Å². The molecule has 1 saturated carbocycles. The second kappa shape index (κ2) is 2.45. The Labute approximate surface area is 71.6 Å². The van der Waals surface area contributed by atoms with Gasteiger partial charge in [-0.2, -0.15) is 0 Å². The molecule has 3 nitrogen and oxygen atoms in total. The number of nitrogens with zero attached hydrogens (tertiary/aromatic N) is 1. The molecule has 0 amide bonds. The van der Waals surface area contributed by atoms with Crippen LogP contribution in [-0.2, 0) is 5.54 Å². The van der Waals surface area contributed by atoms with E-state index in [1.54, 1.807) is 19.5 Å². The Morgan fingerprint density at radius 1 is 1.58 bits per heavy atom. The van der Waals surface area contributed by atoms with Crippen LogP contribution in [0.15, 0.2) is 18.5 Å². The van der Waals surface area contributed by atoms with Gasteiger partial charge in [0, 0.05) is 17.3 Å². The van der Waals surface area contributed by atoms with Crippen molar-refractivity contribution in [2.45, 2.75) is 18.4 Å². The minimum atomic E-state index is -0.131. The summed E-state index contributed by atoms with van der Waals surface area (Å²) in [5.41, 5.74) is 6.99. The SMILES string of the molecule is COc1cnccc1C1(N)CC1. The van der Waals surface area contributed by atoms with Crippen LogP contribution < -0.4 is 10.5 Å². The minimum Gasteiger partial charge on any atom is -0.495 e. The molecule has 2 rings (SSSR count). The standard InChI is InChI=1S/C9H12N2O/c1-12-8-6-11-5-2-7(8)9(10)3-4-9/h2,5-6H,3-4,10H2,1H3. The molecule has 0 aliphatic heterocycles. The predicted octanol–water partition coefficient (Wildman–Crippen LogP) is 1.04. The Balaban J connectivity index is 2.42. The van der Waals surface area contributed by atoms with E-state index in [1.807, 2.05) is 6.07 Å². The van der Waals surface area contributed by atoms with Crippen LogP contribution in [0.1, 0.15) is 18.4 Å². The van der Waals surface area contributed by atoms with Crippen LogP contribution in [0.5, 0.6) is 5.75 Å². The molecule has 1 aliphatic rings. The van der Waals surface area contributed by atoms with E-state index in [2.05, 4.69) is 4.98 Å². The van der Waals surface area contributed by atoms with Gasteiger partial charge in [-0.05, 0) is 18.9 Å². The second-order valence-corrected chi connectivity index (χ2v) is 3.23. The van der Waals surface area contributed by atoms with Gasteiger partial charge in [0.1, 0.15) is 5.75 Å². The van der Waals surface area contributed by atoms with Gasteiger partial charge in [0.15, 0.2) is 0 Å². The Kier molecular flexibility index (Phi) is 1.54. The fourth-order valence-electron chi connectivity index (χ4n) is 1.36. The lowest BCUT2D eigenvalue weighted by Crippen LogP contribution is -2.19. The Morgan fingerprint density at radius 3 is 2.92 bits per heavy atom. The summed E-state index contributed by atoms with van der Waals surface area (Å²) in [5.74, 6) is 0.803. The zero-order chi connectivity index (χ0) is 8.60. The first-order chi connectivity index (χ1) is 5.76. The molecule has 0 atom stereocenters. The molecule has 2 N–H and O–H groups in total. The van der Waals surface area contributed by atoms with Gasteiger partial charge in [-0.15, -0.1) is 0 Å². The molecule has 1 fully saturated rings. The number of pyridine rings is 1. The molecule has 12 heavy (non-hydrogen) atoms. The molecule has 0 unspecified atom stereocenters. The maximum absolute atomic E-state index is 6.04. The minimum absolute atomic E-state index is 0.131. The summed E-state index contributed by atoms with van der Waals surface area (Å²) in [6, 6.07) is 1.94. The average Bonchev–Trinajstić information content (AvgIpc) is 2.85. The molecule has 0 spiro atoms. The zero-order valence-corrected chi connectivity index (χ0v) is 7.08. The highest BCUT2D eigenvalue weighted by atomic mass is 16.5. The fourth-order valence-corrected chi connectivity index (χ4v) is 1.36. The van der Waals surface area contributed by atoms with Crippen LogP contribution in [0.25, 0.3) is 0 Å². The molecular formula is C9H12N2O. The highest BCUT2D eigenvalue weighted by molar-refractivity contribution is 5.39. The highest BCUT2D eigenvalue weighted by Gasteiger charge is 2.42. The molecule has 0 radical (unpaired) electrons. The summed E-state index contributed by atoms with van der Waals surface area (Å²) in [6.45, 7) is 0. The van der Waals surface area contributed by atoms with E-state index in [1.165, 1.54) is 0 Å². The van der Waals surface area contributed by atoms with Gasteiger partial charge in [-0.1, -0.05) is 0 Å². The van der Waals surface area contributed by atoms with Crippen molar-refractivity contribution in [2.75, 3.05) is 7.11 Å². The molecule has 1 aliphatic carbocycles. The summed E-state index contributed by atoms with van der Waals surface area (Å²) in [6.07, 6.45) is 5.56. The number of methoxy groups -OCH3 is 1. The van der Waals surface area contributed by atoms with Crippen molar-refractivity contribution in [2.24, 2.45) is 5.73 Å². The summed E-state index contributed by atoms with van der Waals surface area (Å²) >= 11 is 0. The average molecular weight is 164 g/mol. The topological polar surface area (TPSA) is 48.1 Å². The van der Waals surface area contributed by atoms with Crippen molar-refractivity contribution in [1.82, 2.24) is 4.98 Å². The van der Waals surface area contributed by atoms with E-state index in [4.69, 9.17) is 10.5 Å². The van der Waals surface area contributed by atoms with Crippen LogP contribution in [-0.4, -0.2) is 12.1 Å². The summed E-state index contributed by atoms with van der Waals surface area (Å²) in [4.78, 5) is 3.98. The number of hydrogen-bond acceptors (Lipinski definition) is 3. The lowest BCUT2D eigenvalue weighted by Gasteiger charge is -2.12. The number of rotatable bonds is 2. The molecule has 1 aromatic rings. The van der Waals surface area contributed by atoms with E-state index in [9.17, 15) is 0 Å². The summed E-state index contributed by atoms with van der Waals surface area (Å²) < 4.78 is 5.17. The van der Waals surface area contributed by atoms with Gasteiger partial charge in [0.25, 0.3) is 0 Å². The van der Waals surface area contributed by atoms with Crippen LogP contribution in [0, 0.1) is 0 Å². The first-order valence-corrected chi connectivity index (χ1v) is 4.04. The number of ether oxygens (including phenoxy) is 1.